The SMILES string of the molecule is Oc1cccc(CNC2CCCC(OCC(F)(F)F)C2)c1. The zero-order chi connectivity index (χ0) is 15.3. The molecule has 0 saturated heterocycles. The maximum absolute atomic E-state index is 12.2. The van der Waals surface area contributed by atoms with E-state index in [0.717, 1.165) is 18.4 Å². The number of ether oxygens (including phenoxy) is 1. The van der Waals surface area contributed by atoms with Crippen molar-refractivity contribution in [3.63, 3.8) is 0 Å². The molecule has 0 aliphatic heterocycles. The second-order valence-corrected chi connectivity index (χ2v) is 5.46. The number of alkyl halides is 3. The Labute approximate surface area is 122 Å². The summed E-state index contributed by atoms with van der Waals surface area (Å²) in [5, 5.41) is 12.7. The quantitative estimate of drug-likeness (QED) is 0.876. The normalized spacial score (nSPS) is 23.2. The van der Waals surface area contributed by atoms with Gasteiger partial charge in [0.25, 0.3) is 0 Å². The Morgan fingerprint density at radius 1 is 1.29 bits per heavy atom. The number of hydrogen-bond acceptors (Lipinski definition) is 3. The molecular weight excluding hydrogens is 283 g/mol. The molecule has 1 aromatic carbocycles. The van der Waals surface area contributed by atoms with E-state index < -0.39 is 12.8 Å². The zero-order valence-corrected chi connectivity index (χ0v) is 11.7. The molecular formula is C15H20F3NO2. The van der Waals surface area contributed by atoms with Gasteiger partial charge in [0.1, 0.15) is 12.4 Å². The maximum atomic E-state index is 12.2. The molecule has 1 fully saturated rings. The molecule has 21 heavy (non-hydrogen) atoms. The van der Waals surface area contributed by atoms with Crippen LogP contribution in [0.1, 0.15) is 31.2 Å². The number of aromatic hydroxyl groups is 1. The summed E-state index contributed by atoms with van der Waals surface area (Å²) >= 11 is 0. The van der Waals surface area contributed by atoms with E-state index in [-0.39, 0.29) is 17.9 Å². The highest BCUT2D eigenvalue weighted by Crippen LogP contribution is 2.24. The molecule has 1 aliphatic carbocycles. The van der Waals surface area contributed by atoms with Gasteiger partial charge in [-0.2, -0.15) is 13.2 Å². The second-order valence-electron chi connectivity index (χ2n) is 5.46. The van der Waals surface area contributed by atoms with E-state index in [1.807, 2.05) is 6.07 Å². The summed E-state index contributed by atoms with van der Waals surface area (Å²) in [6.07, 6.45) is -1.52. The van der Waals surface area contributed by atoms with E-state index >= 15 is 0 Å². The molecule has 1 saturated carbocycles. The Balaban J connectivity index is 1.76. The van der Waals surface area contributed by atoms with Crippen LogP contribution in [0.5, 0.6) is 5.75 Å². The fraction of sp³-hybridized carbons (Fsp3) is 0.600. The molecule has 2 unspecified atom stereocenters. The van der Waals surface area contributed by atoms with E-state index in [0.29, 0.717) is 19.4 Å². The fourth-order valence-electron chi connectivity index (χ4n) is 2.62. The fourth-order valence-corrected chi connectivity index (χ4v) is 2.62. The van der Waals surface area contributed by atoms with Gasteiger partial charge in [-0.15, -0.1) is 0 Å². The minimum atomic E-state index is -4.26. The molecule has 0 heterocycles. The van der Waals surface area contributed by atoms with Crippen molar-refractivity contribution in [1.82, 2.24) is 5.32 Å². The maximum Gasteiger partial charge on any atom is 0.411 e. The first kappa shape index (κ1) is 16.1. The van der Waals surface area contributed by atoms with Crippen LogP contribution < -0.4 is 5.32 Å². The van der Waals surface area contributed by atoms with Gasteiger partial charge in [0.05, 0.1) is 6.10 Å². The first-order valence-electron chi connectivity index (χ1n) is 7.12. The Bertz CT molecular complexity index is 451. The first-order valence-corrected chi connectivity index (χ1v) is 7.12. The largest absolute Gasteiger partial charge is 0.508 e. The molecule has 2 atom stereocenters. The van der Waals surface area contributed by atoms with Gasteiger partial charge in [0.15, 0.2) is 0 Å². The van der Waals surface area contributed by atoms with E-state index in [4.69, 9.17) is 4.74 Å². The lowest BCUT2D eigenvalue weighted by Gasteiger charge is -2.30. The van der Waals surface area contributed by atoms with Crippen LogP contribution in [-0.2, 0) is 11.3 Å². The molecule has 3 nitrogen and oxygen atoms in total. The summed E-state index contributed by atoms with van der Waals surface area (Å²) in [5.41, 5.74) is 0.952. The van der Waals surface area contributed by atoms with Crippen LogP contribution in [-0.4, -0.2) is 30.0 Å². The van der Waals surface area contributed by atoms with Gasteiger partial charge in [0.2, 0.25) is 0 Å². The topological polar surface area (TPSA) is 41.5 Å². The lowest BCUT2D eigenvalue weighted by atomic mass is 9.92. The molecule has 118 valence electrons. The highest BCUT2D eigenvalue weighted by atomic mass is 19.4. The lowest BCUT2D eigenvalue weighted by molar-refractivity contribution is -0.188. The predicted octanol–water partition coefficient (Wildman–Crippen LogP) is 3.37. The second kappa shape index (κ2) is 7.13. The summed E-state index contributed by atoms with van der Waals surface area (Å²) in [6, 6.07) is 7.09. The number of halogens is 3. The predicted molar refractivity (Wildman–Crippen MR) is 73.0 cm³/mol. The highest BCUT2D eigenvalue weighted by molar-refractivity contribution is 5.26. The third-order valence-corrected chi connectivity index (χ3v) is 3.61. The van der Waals surface area contributed by atoms with E-state index in [1.54, 1.807) is 18.2 Å². The summed E-state index contributed by atoms with van der Waals surface area (Å²) in [5.74, 6) is 0.212. The summed E-state index contributed by atoms with van der Waals surface area (Å²) in [6.45, 7) is -0.581. The third-order valence-electron chi connectivity index (χ3n) is 3.61. The van der Waals surface area contributed by atoms with Crippen LogP contribution in [0.4, 0.5) is 13.2 Å². The van der Waals surface area contributed by atoms with Crippen LogP contribution in [0, 0.1) is 0 Å². The van der Waals surface area contributed by atoms with Gasteiger partial charge in [-0.1, -0.05) is 12.1 Å². The summed E-state index contributed by atoms with van der Waals surface area (Å²) < 4.78 is 41.4. The molecule has 1 aliphatic rings. The van der Waals surface area contributed by atoms with Crippen molar-refractivity contribution in [2.75, 3.05) is 6.61 Å². The Morgan fingerprint density at radius 2 is 2.10 bits per heavy atom. The number of phenols is 1. The molecule has 2 rings (SSSR count). The van der Waals surface area contributed by atoms with Crippen LogP contribution in [0.25, 0.3) is 0 Å². The number of benzene rings is 1. The van der Waals surface area contributed by atoms with Gasteiger partial charge in [0, 0.05) is 12.6 Å². The van der Waals surface area contributed by atoms with Gasteiger partial charge < -0.3 is 15.2 Å². The lowest BCUT2D eigenvalue weighted by Crippen LogP contribution is -2.37. The minimum Gasteiger partial charge on any atom is -0.508 e. The molecule has 2 N–H and O–H groups in total. The van der Waals surface area contributed by atoms with Crippen molar-refractivity contribution in [3.05, 3.63) is 29.8 Å². The van der Waals surface area contributed by atoms with Crippen molar-refractivity contribution < 1.29 is 23.0 Å². The number of hydrogen-bond donors (Lipinski definition) is 2. The van der Waals surface area contributed by atoms with Gasteiger partial charge in [-0.3, -0.25) is 0 Å². The standard InChI is InChI=1S/C15H20F3NO2/c16-15(17,18)10-21-14-6-2-4-12(8-14)19-9-11-3-1-5-13(20)7-11/h1,3,5,7,12,14,19-20H,2,4,6,8-10H2. The van der Waals surface area contributed by atoms with Gasteiger partial charge in [-0.05, 0) is 43.4 Å². The Hall–Kier alpha value is -1.27. The monoisotopic (exact) mass is 303 g/mol. The third kappa shape index (κ3) is 5.93. The molecule has 1 aromatic rings. The highest BCUT2D eigenvalue weighted by Gasteiger charge is 2.31. The van der Waals surface area contributed by atoms with E-state index in [2.05, 4.69) is 5.32 Å². The van der Waals surface area contributed by atoms with E-state index in [1.165, 1.54) is 0 Å². The Morgan fingerprint density at radius 3 is 2.81 bits per heavy atom. The van der Waals surface area contributed by atoms with Crippen LogP contribution in [0.3, 0.4) is 0 Å². The van der Waals surface area contributed by atoms with Crippen molar-refractivity contribution in [2.24, 2.45) is 0 Å². The number of nitrogens with one attached hydrogen (secondary N) is 1. The molecule has 0 spiro atoms. The zero-order valence-electron chi connectivity index (χ0n) is 11.7. The average Bonchev–Trinajstić information content (AvgIpc) is 2.43. The first-order chi connectivity index (χ1) is 9.92. The van der Waals surface area contributed by atoms with Crippen molar-refractivity contribution in [1.29, 1.82) is 0 Å². The average molecular weight is 303 g/mol. The van der Waals surface area contributed by atoms with Crippen LogP contribution in [0.15, 0.2) is 24.3 Å². The number of rotatable bonds is 5. The van der Waals surface area contributed by atoms with Crippen molar-refractivity contribution >= 4 is 0 Å². The van der Waals surface area contributed by atoms with Crippen molar-refractivity contribution in [3.8, 4) is 5.75 Å². The number of phenolic OH excluding ortho intramolecular Hbond substituents is 1. The molecule has 0 aromatic heterocycles. The van der Waals surface area contributed by atoms with Crippen LogP contribution in [0.2, 0.25) is 0 Å². The molecule has 0 amide bonds. The molecule has 6 heteroatoms. The minimum absolute atomic E-state index is 0.152. The summed E-state index contributed by atoms with van der Waals surface area (Å²) in [7, 11) is 0. The smallest absolute Gasteiger partial charge is 0.411 e. The van der Waals surface area contributed by atoms with Crippen molar-refractivity contribution in [2.45, 2.75) is 50.6 Å². The van der Waals surface area contributed by atoms with E-state index in [9.17, 15) is 18.3 Å². The van der Waals surface area contributed by atoms with Gasteiger partial charge in [-0.25, -0.2) is 0 Å². The van der Waals surface area contributed by atoms with Gasteiger partial charge >= 0.3 is 6.18 Å². The Kier molecular flexibility index (Phi) is 5.47. The van der Waals surface area contributed by atoms with Crippen LogP contribution >= 0.6 is 0 Å². The molecule has 0 radical (unpaired) electrons. The summed E-state index contributed by atoms with van der Waals surface area (Å²) in [4.78, 5) is 0. The molecule has 0 bridgehead atoms.